The number of carbonyl (C=O) groups is 1. The van der Waals surface area contributed by atoms with Crippen LogP contribution in [0.25, 0.3) is 11.1 Å². The number of rotatable bonds is 5. The second-order valence-electron chi connectivity index (χ2n) is 7.27. The number of nitrogens with zero attached hydrogens (tertiary/aromatic N) is 4. The van der Waals surface area contributed by atoms with Crippen LogP contribution < -0.4 is 15.3 Å². The lowest BCUT2D eigenvalue weighted by molar-refractivity contribution is -0.755. The van der Waals surface area contributed by atoms with E-state index in [2.05, 4.69) is 26.0 Å². The maximum absolute atomic E-state index is 13.4. The lowest BCUT2D eigenvalue weighted by Gasteiger charge is -2.10. The monoisotopic (exact) mass is 477 g/mol. The standard InChI is InChI=1S/C21H16F4N6O3/c1-11-19(12(2)33-29-11)13-3-4-15(26-8-13)9-31-10-18(34-30-31)28-20(32)27-14-5-6-17(22)16(7-14)21(23,24)25/h3-8,10H,9H2,1-2H3,(H-,27,28,30,32)/p+1. The van der Waals surface area contributed by atoms with Gasteiger partial charge >= 0.3 is 18.1 Å². The van der Waals surface area contributed by atoms with E-state index in [0.717, 1.165) is 22.9 Å². The van der Waals surface area contributed by atoms with Gasteiger partial charge in [0, 0.05) is 23.0 Å². The molecule has 9 nitrogen and oxygen atoms in total. The van der Waals surface area contributed by atoms with E-state index < -0.39 is 23.6 Å². The highest BCUT2D eigenvalue weighted by atomic mass is 19.4. The molecule has 0 radical (unpaired) electrons. The third-order valence-electron chi connectivity index (χ3n) is 4.75. The number of benzene rings is 1. The zero-order valence-electron chi connectivity index (χ0n) is 17.8. The number of aryl methyl sites for hydroxylation is 2. The first-order chi connectivity index (χ1) is 16.1. The van der Waals surface area contributed by atoms with E-state index in [1.807, 2.05) is 19.9 Å². The van der Waals surface area contributed by atoms with E-state index in [1.54, 1.807) is 12.3 Å². The minimum Gasteiger partial charge on any atom is -0.361 e. The van der Waals surface area contributed by atoms with Crippen LogP contribution in [0, 0.1) is 19.7 Å². The molecule has 0 spiro atoms. The molecule has 0 aliphatic heterocycles. The number of anilines is 2. The maximum atomic E-state index is 13.4. The number of aromatic nitrogens is 4. The molecule has 4 aromatic rings. The van der Waals surface area contributed by atoms with Gasteiger partial charge in [0.25, 0.3) is 6.20 Å². The Morgan fingerprint density at radius 2 is 1.91 bits per heavy atom. The van der Waals surface area contributed by atoms with Crippen LogP contribution in [0.1, 0.15) is 22.7 Å². The van der Waals surface area contributed by atoms with Crippen molar-refractivity contribution in [2.75, 3.05) is 10.6 Å². The van der Waals surface area contributed by atoms with Crippen LogP contribution in [-0.2, 0) is 12.7 Å². The van der Waals surface area contributed by atoms with Crippen molar-refractivity contribution in [3.63, 3.8) is 0 Å². The third kappa shape index (κ3) is 5.03. The summed E-state index contributed by atoms with van der Waals surface area (Å²) in [7, 11) is 0. The van der Waals surface area contributed by atoms with Crippen molar-refractivity contribution in [3.05, 3.63) is 71.3 Å². The predicted molar refractivity (Wildman–Crippen MR) is 109 cm³/mol. The summed E-state index contributed by atoms with van der Waals surface area (Å²) in [6, 6.07) is 4.86. The quantitative estimate of drug-likeness (QED) is 0.324. The molecule has 2 N–H and O–H groups in total. The second-order valence-corrected chi connectivity index (χ2v) is 7.27. The van der Waals surface area contributed by atoms with Crippen molar-refractivity contribution >= 4 is 17.6 Å². The SMILES string of the molecule is Cc1noc(C)c1-c1ccc(C[n+]2cc(NC(=O)Nc3ccc(F)c(C(F)(F)F)c3)on2)nc1. The second kappa shape index (κ2) is 8.92. The number of hydrogen-bond acceptors (Lipinski definition) is 6. The zero-order valence-corrected chi connectivity index (χ0v) is 17.8. The highest BCUT2D eigenvalue weighted by molar-refractivity contribution is 5.98. The van der Waals surface area contributed by atoms with Gasteiger partial charge in [0.05, 0.1) is 11.3 Å². The van der Waals surface area contributed by atoms with Gasteiger partial charge in [0.2, 0.25) is 11.8 Å². The van der Waals surface area contributed by atoms with Crippen LogP contribution in [0.3, 0.4) is 0 Å². The molecule has 0 saturated heterocycles. The maximum Gasteiger partial charge on any atom is 0.419 e. The van der Waals surface area contributed by atoms with Crippen LogP contribution in [0.5, 0.6) is 0 Å². The van der Waals surface area contributed by atoms with Crippen LogP contribution in [0.2, 0.25) is 0 Å². The molecular formula is C21H17F4N6O3+. The number of hydrogen-bond donors (Lipinski definition) is 2. The number of nitrogens with one attached hydrogen (secondary N) is 2. The van der Waals surface area contributed by atoms with E-state index in [4.69, 9.17) is 9.05 Å². The summed E-state index contributed by atoms with van der Waals surface area (Å²) >= 11 is 0. The minimum atomic E-state index is -4.89. The molecule has 0 unspecified atom stereocenters. The molecule has 34 heavy (non-hydrogen) atoms. The summed E-state index contributed by atoms with van der Waals surface area (Å²) in [5.74, 6) is -0.826. The average molecular weight is 477 g/mol. The highest BCUT2D eigenvalue weighted by Crippen LogP contribution is 2.33. The van der Waals surface area contributed by atoms with Crippen LogP contribution in [0.4, 0.5) is 33.9 Å². The summed E-state index contributed by atoms with van der Waals surface area (Å²) < 4.78 is 63.4. The van der Waals surface area contributed by atoms with Crippen molar-refractivity contribution in [2.45, 2.75) is 26.6 Å². The molecule has 13 heteroatoms. The largest absolute Gasteiger partial charge is 0.419 e. The first-order valence-corrected chi connectivity index (χ1v) is 9.79. The van der Waals surface area contributed by atoms with Crippen molar-refractivity contribution in [1.82, 2.24) is 15.4 Å². The molecule has 2 amide bonds. The van der Waals surface area contributed by atoms with Gasteiger partial charge in [-0.05, 0) is 42.8 Å². The highest BCUT2D eigenvalue weighted by Gasteiger charge is 2.34. The fraction of sp³-hybridized carbons (Fsp3) is 0.190. The average Bonchev–Trinajstić information content (AvgIpc) is 3.34. The first kappa shape index (κ1) is 22.9. The number of amides is 2. The summed E-state index contributed by atoms with van der Waals surface area (Å²) in [6.45, 7) is 3.87. The normalized spacial score (nSPS) is 11.5. The Balaban J connectivity index is 1.38. The van der Waals surface area contributed by atoms with Crippen molar-refractivity contribution in [2.24, 2.45) is 0 Å². The number of urea groups is 1. The van der Waals surface area contributed by atoms with Gasteiger partial charge in [0.1, 0.15) is 17.3 Å². The number of pyridine rings is 1. The van der Waals surface area contributed by atoms with E-state index in [9.17, 15) is 22.4 Å². The minimum absolute atomic E-state index is 0.0667. The molecule has 0 fully saturated rings. The molecule has 0 bridgehead atoms. The molecular weight excluding hydrogens is 460 g/mol. The van der Waals surface area contributed by atoms with E-state index in [-0.39, 0.29) is 18.1 Å². The van der Waals surface area contributed by atoms with Gasteiger partial charge in [-0.2, -0.15) is 13.2 Å². The van der Waals surface area contributed by atoms with Crippen LogP contribution in [-0.4, -0.2) is 21.4 Å². The van der Waals surface area contributed by atoms with Gasteiger partial charge < -0.3 is 9.84 Å². The Bertz CT molecular complexity index is 1310. The molecule has 3 heterocycles. The topological polar surface area (TPSA) is 110 Å². The third-order valence-corrected chi connectivity index (χ3v) is 4.75. The lowest BCUT2D eigenvalue weighted by atomic mass is 10.1. The number of carbonyl (C=O) groups excluding carboxylic acids is 1. The molecule has 3 aromatic heterocycles. The summed E-state index contributed by atoms with van der Waals surface area (Å²) in [5.41, 5.74) is 1.38. The Hall–Kier alpha value is -4.29. The zero-order chi connectivity index (χ0) is 24.5. The molecule has 0 saturated carbocycles. The summed E-state index contributed by atoms with van der Waals surface area (Å²) in [6.07, 6.45) is -1.85. The molecule has 0 aliphatic rings. The fourth-order valence-corrected chi connectivity index (χ4v) is 3.23. The summed E-state index contributed by atoms with van der Waals surface area (Å²) in [5, 5.41) is 12.2. The molecule has 176 valence electrons. The molecule has 1 aromatic carbocycles. The predicted octanol–water partition coefficient (Wildman–Crippen LogP) is 4.48. The Morgan fingerprint density at radius 1 is 1.12 bits per heavy atom. The number of alkyl halides is 3. The van der Waals surface area contributed by atoms with Crippen LogP contribution >= 0.6 is 0 Å². The molecule has 4 rings (SSSR count). The van der Waals surface area contributed by atoms with Gasteiger partial charge in [0.15, 0.2) is 0 Å². The van der Waals surface area contributed by atoms with Gasteiger partial charge in [-0.15, -0.1) is 0 Å². The smallest absolute Gasteiger partial charge is 0.361 e. The van der Waals surface area contributed by atoms with E-state index in [1.165, 1.54) is 10.9 Å². The fourth-order valence-electron chi connectivity index (χ4n) is 3.23. The molecule has 0 atom stereocenters. The van der Waals surface area contributed by atoms with E-state index >= 15 is 0 Å². The van der Waals surface area contributed by atoms with Crippen LogP contribution in [0.15, 0.2) is 51.8 Å². The Labute approximate surface area is 189 Å². The van der Waals surface area contributed by atoms with Crippen molar-refractivity contribution < 1.29 is 36.1 Å². The Morgan fingerprint density at radius 3 is 2.56 bits per heavy atom. The van der Waals surface area contributed by atoms with Gasteiger partial charge in [-0.25, -0.2) is 9.18 Å². The summed E-state index contributed by atoms with van der Waals surface area (Å²) in [4.78, 5) is 16.5. The number of halogens is 4. The molecule has 0 aliphatic carbocycles. The van der Waals surface area contributed by atoms with Gasteiger partial charge in [-0.3, -0.25) is 14.8 Å². The van der Waals surface area contributed by atoms with Gasteiger partial charge in [-0.1, -0.05) is 11.2 Å². The van der Waals surface area contributed by atoms with Crippen molar-refractivity contribution in [1.29, 1.82) is 0 Å². The Kier molecular flexibility index (Phi) is 6.01. The van der Waals surface area contributed by atoms with Crippen molar-refractivity contribution in [3.8, 4) is 11.1 Å². The lowest BCUT2D eigenvalue weighted by Crippen LogP contribution is -2.35. The first-order valence-electron chi connectivity index (χ1n) is 9.79. The van der Waals surface area contributed by atoms with E-state index in [0.29, 0.717) is 23.6 Å².